The van der Waals surface area contributed by atoms with Gasteiger partial charge in [-0.25, -0.2) is 8.42 Å². The van der Waals surface area contributed by atoms with Crippen LogP contribution in [0.3, 0.4) is 0 Å². The average Bonchev–Trinajstić information content (AvgIpc) is 2.34. The van der Waals surface area contributed by atoms with E-state index in [1.165, 1.54) is 11.8 Å². The molecular weight excluding hydrogens is 246 g/mol. The molecule has 0 amide bonds. The van der Waals surface area contributed by atoms with Crippen molar-refractivity contribution >= 4 is 9.84 Å². The first-order chi connectivity index (χ1) is 8.54. The third-order valence-electron chi connectivity index (χ3n) is 3.48. The number of sulfone groups is 1. The first-order valence-electron chi connectivity index (χ1n) is 6.59. The lowest BCUT2D eigenvalue weighted by Gasteiger charge is -2.28. The molecule has 0 saturated carbocycles. The molecule has 0 radical (unpaired) electrons. The van der Waals surface area contributed by atoms with Crippen molar-refractivity contribution in [2.45, 2.75) is 43.5 Å². The summed E-state index contributed by atoms with van der Waals surface area (Å²) >= 11 is 0. The Hall–Kier alpha value is -0.870. The number of rotatable bonds is 4. The molecule has 0 bridgehead atoms. The van der Waals surface area contributed by atoms with Crippen LogP contribution in [0.15, 0.2) is 23.1 Å². The van der Waals surface area contributed by atoms with Crippen LogP contribution in [-0.4, -0.2) is 21.2 Å². The molecule has 0 aromatic heterocycles. The van der Waals surface area contributed by atoms with Crippen LogP contribution >= 0.6 is 0 Å². The van der Waals surface area contributed by atoms with Crippen molar-refractivity contribution in [2.24, 2.45) is 0 Å². The van der Waals surface area contributed by atoms with Gasteiger partial charge < -0.3 is 5.32 Å². The highest BCUT2D eigenvalue weighted by Gasteiger charge is 2.26. The lowest BCUT2D eigenvalue weighted by Crippen LogP contribution is -2.27. The topological polar surface area (TPSA) is 46.2 Å². The third-order valence-corrected chi connectivity index (χ3v) is 4.64. The van der Waals surface area contributed by atoms with Crippen molar-refractivity contribution < 1.29 is 8.42 Å². The molecule has 1 atom stereocenters. The summed E-state index contributed by atoms with van der Waals surface area (Å²) in [4.78, 5) is 0.508. The minimum atomic E-state index is -3.14. The van der Waals surface area contributed by atoms with Crippen LogP contribution in [-0.2, 0) is 16.3 Å². The minimum absolute atomic E-state index is 0.194. The molecule has 1 aliphatic rings. The molecule has 0 aliphatic heterocycles. The fourth-order valence-electron chi connectivity index (χ4n) is 2.69. The molecule has 1 N–H and O–H groups in total. The molecule has 1 aromatic rings. The number of nitrogens with one attached hydrogen (secondary N) is 1. The lowest BCUT2D eigenvalue weighted by atomic mass is 9.87. The molecule has 1 aromatic carbocycles. The van der Waals surface area contributed by atoms with Crippen molar-refractivity contribution in [1.82, 2.24) is 5.32 Å². The normalized spacial score (nSPS) is 19.6. The summed E-state index contributed by atoms with van der Waals surface area (Å²) in [6.07, 6.45) is 5.51. The van der Waals surface area contributed by atoms with Crippen molar-refractivity contribution in [3.63, 3.8) is 0 Å². The highest BCUT2D eigenvalue weighted by atomic mass is 32.2. The van der Waals surface area contributed by atoms with E-state index < -0.39 is 9.84 Å². The van der Waals surface area contributed by atoms with Crippen LogP contribution in [0.2, 0.25) is 0 Å². The molecule has 0 spiro atoms. The Balaban J connectivity index is 2.46. The second-order valence-electron chi connectivity index (χ2n) is 5.00. The van der Waals surface area contributed by atoms with E-state index in [-0.39, 0.29) is 6.04 Å². The van der Waals surface area contributed by atoms with E-state index in [1.54, 1.807) is 6.07 Å². The maximum absolute atomic E-state index is 11.9. The van der Waals surface area contributed by atoms with Crippen molar-refractivity contribution in [1.29, 1.82) is 0 Å². The van der Waals surface area contributed by atoms with Crippen molar-refractivity contribution in [3.05, 3.63) is 29.3 Å². The van der Waals surface area contributed by atoms with E-state index in [2.05, 4.69) is 18.3 Å². The molecule has 2 rings (SSSR count). The maximum atomic E-state index is 11.9. The standard InChI is InChI=1S/C14H21NO2S/c1-3-10-15-12-8-4-6-11-7-5-9-13(14(11)12)18(2,16)17/h5,7,9,12,15H,3-4,6,8,10H2,1-2H3. The van der Waals surface area contributed by atoms with Gasteiger partial charge in [0.15, 0.2) is 9.84 Å². The molecular formula is C14H21NO2S. The quantitative estimate of drug-likeness (QED) is 0.911. The molecule has 0 heterocycles. The van der Waals surface area contributed by atoms with Crippen LogP contribution in [0.1, 0.15) is 43.4 Å². The first kappa shape index (κ1) is 13.6. The average molecular weight is 267 g/mol. The Bertz CT molecular complexity index is 523. The highest BCUT2D eigenvalue weighted by molar-refractivity contribution is 7.90. The van der Waals surface area contributed by atoms with Crippen LogP contribution < -0.4 is 5.32 Å². The maximum Gasteiger partial charge on any atom is 0.175 e. The zero-order chi connectivity index (χ0) is 13.2. The van der Waals surface area contributed by atoms with Gasteiger partial charge in [0.1, 0.15) is 0 Å². The smallest absolute Gasteiger partial charge is 0.175 e. The fourth-order valence-corrected chi connectivity index (χ4v) is 3.69. The summed E-state index contributed by atoms with van der Waals surface area (Å²) in [6.45, 7) is 3.06. The summed E-state index contributed by atoms with van der Waals surface area (Å²) in [5, 5.41) is 3.48. The van der Waals surface area contributed by atoms with Crippen LogP contribution in [0.5, 0.6) is 0 Å². The molecule has 0 saturated heterocycles. The van der Waals surface area contributed by atoms with E-state index >= 15 is 0 Å². The van der Waals surface area contributed by atoms with Gasteiger partial charge in [-0.1, -0.05) is 19.1 Å². The molecule has 1 unspecified atom stereocenters. The Kier molecular flexibility index (Phi) is 4.07. The van der Waals surface area contributed by atoms with Crippen LogP contribution in [0.4, 0.5) is 0 Å². The number of hydrogen-bond donors (Lipinski definition) is 1. The highest BCUT2D eigenvalue weighted by Crippen LogP contribution is 2.34. The minimum Gasteiger partial charge on any atom is -0.310 e. The van der Waals surface area contributed by atoms with E-state index in [9.17, 15) is 8.42 Å². The Morgan fingerprint density at radius 3 is 2.83 bits per heavy atom. The summed E-state index contributed by atoms with van der Waals surface area (Å²) in [5.41, 5.74) is 2.21. The summed E-state index contributed by atoms with van der Waals surface area (Å²) in [5.74, 6) is 0. The number of fused-ring (bicyclic) bond motifs is 1. The van der Waals surface area contributed by atoms with Crippen molar-refractivity contribution in [2.75, 3.05) is 12.8 Å². The SMILES string of the molecule is CCCNC1CCCc2cccc(S(C)(=O)=O)c21. The summed E-state index contributed by atoms with van der Waals surface area (Å²) < 4.78 is 23.8. The Morgan fingerprint density at radius 1 is 1.39 bits per heavy atom. The molecule has 3 nitrogen and oxygen atoms in total. The van der Waals surface area contributed by atoms with E-state index in [1.807, 2.05) is 6.07 Å². The van der Waals surface area contributed by atoms with Gasteiger partial charge in [-0.05, 0) is 49.4 Å². The molecule has 4 heteroatoms. The van der Waals surface area contributed by atoms with E-state index in [4.69, 9.17) is 0 Å². The molecule has 18 heavy (non-hydrogen) atoms. The van der Waals surface area contributed by atoms with E-state index in [0.29, 0.717) is 4.90 Å². The van der Waals surface area contributed by atoms with Gasteiger partial charge in [-0.2, -0.15) is 0 Å². The zero-order valence-electron chi connectivity index (χ0n) is 11.1. The molecule has 1 aliphatic carbocycles. The lowest BCUT2D eigenvalue weighted by molar-refractivity contribution is 0.452. The van der Waals surface area contributed by atoms with Gasteiger partial charge in [0, 0.05) is 12.3 Å². The zero-order valence-corrected chi connectivity index (χ0v) is 11.9. The largest absolute Gasteiger partial charge is 0.310 e. The summed E-state index contributed by atoms with van der Waals surface area (Å²) in [7, 11) is -3.14. The molecule has 0 fully saturated rings. The predicted octanol–water partition coefficient (Wildman–Crippen LogP) is 2.47. The summed E-state index contributed by atoms with van der Waals surface area (Å²) in [6, 6.07) is 5.85. The molecule has 100 valence electrons. The first-order valence-corrected chi connectivity index (χ1v) is 8.48. The second kappa shape index (κ2) is 5.41. The van der Waals surface area contributed by atoms with Gasteiger partial charge in [-0.15, -0.1) is 0 Å². The predicted molar refractivity (Wildman–Crippen MR) is 73.5 cm³/mol. The fraction of sp³-hybridized carbons (Fsp3) is 0.571. The number of aryl methyl sites for hydroxylation is 1. The Morgan fingerprint density at radius 2 is 2.17 bits per heavy atom. The van der Waals surface area contributed by atoms with Gasteiger partial charge in [0.25, 0.3) is 0 Å². The van der Waals surface area contributed by atoms with Gasteiger partial charge >= 0.3 is 0 Å². The van der Waals surface area contributed by atoms with Crippen LogP contribution in [0, 0.1) is 0 Å². The van der Waals surface area contributed by atoms with Crippen molar-refractivity contribution in [3.8, 4) is 0 Å². The van der Waals surface area contributed by atoms with Gasteiger partial charge in [0.05, 0.1) is 4.90 Å². The monoisotopic (exact) mass is 267 g/mol. The van der Waals surface area contributed by atoms with Gasteiger partial charge in [-0.3, -0.25) is 0 Å². The number of hydrogen-bond acceptors (Lipinski definition) is 3. The van der Waals surface area contributed by atoms with E-state index in [0.717, 1.165) is 37.8 Å². The third kappa shape index (κ3) is 2.75. The number of benzene rings is 1. The van der Waals surface area contributed by atoms with Crippen LogP contribution in [0.25, 0.3) is 0 Å². The van der Waals surface area contributed by atoms with Gasteiger partial charge in [0.2, 0.25) is 0 Å². The Labute approximate surface area is 110 Å². The second-order valence-corrected chi connectivity index (χ2v) is 6.98.